The first-order chi connectivity index (χ1) is 38.2. The Morgan fingerprint density at radius 2 is 0.753 bits per heavy atom. The first-order valence-corrected chi connectivity index (χ1v) is 27.4. The molecule has 0 aliphatic heterocycles. The molecule has 2 nitrogen and oxygen atoms in total. The zero-order chi connectivity index (χ0) is 50.7. The van der Waals surface area contributed by atoms with Crippen molar-refractivity contribution in [3.63, 3.8) is 0 Å². The van der Waals surface area contributed by atoms with Crippen LogP contribution in [0.1, 0.15) is 44.5 Å². The maximum atomic E-state index is 7.68. The summed E-state index contributed by atoms with van der Waals surface area (Å²) in [6.07, 6.45) is 0. The largest absolute Gasteiger partial charge is 0.453 e. The van der Waals surface area contributed by atoms with Crippen molar-refractivity contribution in [2.45, 2.75) is 10.8 Å². The van der Waals surface area contributed by atoms with Crippen molar-refractivity contribution >= 4 is 70.5 Å². The quantitative estimate of drug-likeness (QED) is 0.151. The van der Waals surface area contributed by atoms with Gasteiger partial charge >= 0.3 is 0 Å². The van der Waals surface area contributed by atoms with Gasteiger partial charge in [0.1, 0.15) is 5.58 Å². The van der Waals surface area contributed by atoms with Crippen molar-refractivity contribution in [1.82, 2.24) is 0 Å². The van der Waals surface area contributed by atoms with E-state index >= 15 is 0 Å². The van der Waals surface area contributed by atoms with Gasteiger partial charge in [-0.3, -0.25) is 0 Å². The number of anilines is 3. The molecule has 0 unspecified atom stereocenters. The molecule has 0 saturated carbocycles. The van der Waals surface area contributed by atoms with Gasteiger partial charge in [0, 0.05) is 47.9 Å². The molecule has 0 atom stereocenters. The van der Waals surface area contributed by atoms with Crippen LogP contribution < -0.4 is 4.90 Å². The number of benzene rings is 12. The molecule has 0 bridgehead atoms. The van der Waals surface area contributed by atoms with Crippen LogP contribution in [0.4, 0.5) is 17.1 Å². The minimum atomic E-state index is -0.637. The maximum absolute atomic E-state index is 7.68. The van der Waals surface area contributed by atoms with Gasteiger partial charge in [0.05, 0.1) is 16.5 Å². The molecule has 77 heavy (non-hydrogen) atoms. The van der Waals surface area contributed by atoms with E-state index in [1.807, 2.05) is 11.3 Å². The summed E-state index contributed by atoms with van der Waals surface area (Å²) < 4.78 is 10.3. The summed E-state index contributed by atoms with van der Waals surface area (Å²) in [7, 11) is 0. The van der Waals surface area contributed by atoms with Gasteiger partial charge in [-0.15, -0.1) is 11.3 Å². The van der Waals surface area contributed by atoms with E-state index in [9.17, 15) is 0 Å². The Balaban J connectivity index is 0.955. The molecule has 2 heterocycles. The van der Waals surface area contributed by atoms with Crippen LogP contribution in [-0.4, -0.2) is 0 Å². The Hall–Kier alpha value is -9.54. The fraction of sp³-hybridized carbons (Fsp3) is 0.0270. The SMILES string of the molecule is c1ccc(C2(c3ccccc3)c3ccccc3-c3ccc(N(c4ccc(-c5cccc6c5sc5ccccc56)cc4)c4cccc5c4oc4c(C6(c7ccccc7)c7ccccc7-c7ccccc76)cccc45)cc32)cc1. The molecule has 2 aliphatic rings. The zero-order valence-electron chi connectivity index (χ0n) is 41.9. The third-order valence-electron chi connectivity index (χ3n) is 16.8. The Labute approximate surface area is 451 Å². The van der Waals surface area contributed by atoms with Crippen LogP contribution in [0.15, 0.2) is 290 Å². The highest BCUT2D eigenvalue weighted by molar-refractivity contribution is 7.26. The summed E-state index contributed by atoms with van der Waals surface area (Å²) in [6, 6.07) is 105. The summed E-state index contributed by atoms with van der Waals surface area (Å²) in [5, 5.41) is 4.75. The van der Waals surface area contributed by atoms with Gasteiger partial charge in [0.15, 0.2) is 5.58 Å². The Morgan fingerprint density at radius 3 is 1.40 bits per heavy atom. The molecule has 12 aromatic carbocycles. The van der Waals surface area contributed by atoms with E-state index in [-0.39, 0.29) is 0 Å². The van der Waals surface area contributed by atoms with E-state index in [2.05, 4.69) is 290 Å². The molecular weight excluding hydrogens is 951 g/mol. The molecule has 14 aromatic rings. The number of hydrogen-bond acceptors (Lipinski definition) is 3. The molecule has 2 aromatic heterocycles. The Morgan fingerprint density at radius 1 is 0.299 bits per heavy atom. The van der Waals surface area contributed by atoms with E-state index in [4.69, 9.17) is 4.42 Å². The number of furan rings is 1. The standard InChI is InChI=1S/C74H47NOS/c1-4-21-49(22-5-1)73(50-23-6-2-7-24-50)63-35-14-10-29-57(63)58-46-45-53(47-67(58)73)75(52-43-41-48(42-44-52)54-31-18-34-62-59-30-13-17-40-69(59)77-72(54)62)68-39-20-33-61-60-32-19-38-66(70(60)76-71(61)68)74(51-25-8-3-9-26-51)64-36-15-11-27-55(64)56-28-12-16-37-65(56)74/h1-47H. The van der Waals surface area contributed by atoms with Crippen LogP contribution in [0.5, 0.6) is 0 Å². The minimum absolute atomic E-state index is 0.581. The van der Waals surface area contributed by atoms with Crippen LogP contribution in [0.2, 0.25) is 0 Å². The van der Waals surface area contributed by atoms with Crippen molar-refractivity contribution in [2.24, 2.45) is 0 Å². The fourth-order valence-corrected chi connectivity index (χ4v) is 15.0. The monoisotopic (exact) mass is 997 g/mol. The van der Waals surface area contributed by atoms with Gasteiger partial charge in [0.2, 0.25) is 0 Å². The van der Waals surface area contributed by atoms with E-state index in [0.717, 1.165) is 44.6 Å². The van der Waals surface area contributed by atoms with Crippen molar-refractivity contribution in [3.8, 4) is 33.4 Å². The van der Waals surface area contributed by atoms with Gasteiger partial charge in [-0.25, -0.2) is 0 Å². The van der Waals surface area contributed by atoms with Gasteiger partial charge in [0.25, 0.3) is 0 Å². The lowest BCUT2D eigenvalue weighted by atomic mass is 9.67. The van der Waals surface area contributed by atoms with Gasteiger partial charge in [-0.05, 0) is 109 Å². The molecule has 0 spiro atoms. The summed E-state index contributed by atoms with van der Waals surface area (Å²) in [5.41, 5.74) is 20.8. The molecule has 360 valence electrons. The number of hydrogen-bond donors (Lipinski definition) is 0. The first-order valence-electron chi connectivity index (χ1n) is 26.6. The average molecular weight is 998 g/mol. The molecule has 3 heteroatoms. The number of fused-ring (bicyclic) bond motifs is 12. The summed E-state index contributed by atoms with van der Waals surface area (Å²) in [4.78, 5) is 2.44. The van der Waals surface area contributed by atoms with Gasteiger partial charge in [-0.1, -0.05) is 249 Å². The lowest BCUT2D eigenvalue weighted by Gasteiger charge is -2.35. The predicted molar refractivity (Wildman–Crippen MR) is 321 cm³/mol. The van der Waals surface area contributed by atoms with Crippen LogP contribution in [-0.2, 0) is 10.8 Å². The van der Waals surface area contributed by atoms with Crippen molar-refractivity contribution < 1.29 is 4.42 Å². The molecule has 16 rings (SSSR count). The number of rotatable bonds is 8. The third-order valence-corrected chi connectivity index (χ3v) is 18.1. The highest BCUT2D eigenvalue weighted by Crippen LogP contribution is 2.60. The smallest absolute Gasteiger partial charge is 0.159 e. The predicted octanol–water partition coefficient (Wildman–Crippen LogP) is 19.8. The molecule has 0 radical (unpaired) electrons. The van der Waals surface area contributed by atoms with E-state index < -0.39 is 10.8 Å². The summed E-state index contributed by atoms with van der Waals surface area (Å²) in [5.74, 6) is 0. The van der Waals surface area contributed by atoms with E-state index in [1.165, 1.54) is 92.5 Å². The maximum Gasteiger partial charge on any atom is 0.159 e. The normalized spacial score (nSPS) is 13.7. The van der Waals surface area contributed by atoms with Gasteiger partial charge in [-0.2, -0.15) is 0 Å². The van der Waals surface area contributed by atoms with Crippen LogP contribution in [0, 0.1) is 0 Å². The summed E-state index contributed by atoms with van der Waals surface area (Å²) >= 11 is 1.87. The zero-order valence-corrected chi connectivity index (χ0v) is 42.7. The molecule has 2 aliphatic carbocycles. The van der Waals surface area contributed by atoms with Gasteiger partial charge < -0.3 is 9.32 Å². The highest BCUT2D eigenvalue weighted by atomic mass is 32.1. The molecule has 0 amide bonds. The molecule has 0 saturated heterocycles. The fourth-order valence-electron chi connectivity index (χ4n) is 13.7. The van der Waals surface area contributed by atoms with Crippen LogP contribution in [0.25, 0.3) is 75.5 Å². The second kappa shape index (κ2) is 17.0. The number of thiophene rings is 1. The second-order valence-electron chi connectivity index (χ2n) is 20.6. The van der Waals surface area contributed by atoms with E-state index in [0.29, 0.717) is 0 Å². The average Bonchev–Trinajstić information content (AvgIpc) is 4.44. The lowest BCUT2D eigenvalue weighted by Crippen LogP contribution is -2.28. The molecular formula is C74H47NOS. The number of para-hydroxylation sites is 2. The van der Waals surface area contributed by atoms with Crippen molar-refractivity contribution in [2.75, 3.05) is 4.90 Å². The summed E-state index contributed by atoms with van der Waals surface area (Å²) in [6.45, 7) is 0. The molecule has 0 N–H and O–H groups in total. The topological polar surface area (TPSA) is 16.4 Å². The third kappa shape index (κ3) is 6.18. The molecule has 0 fully saturated rings. The van der Waals surface area contributed by atoms with Crippen molar-refractivity contribution in [3.05, 3.63) is 330 Å². The van der Waals surface area contributed by atoms with E-state index in [1.54, 1.807) is 0 Å². The minimum Gasteiger partial charge on any atom is -0.453 e. The second-order valence-corrected chi connectivity index (χ2v) is 21.6. The lowest BCUT2D eigenvalue weighted by molar-refractivity contribution is 0.648. The van der Waals surface area contributed by atoms with Crippen LogP contribution in [0.3, 0.4) is 0 Å². The number of nitrogens with zero attached hydrogens (tertiary/aromatic N) is 1. The Bertz CT molecular complexity index is 4540. The highest BCUT2D eigenvalue weighted by Gasteiger charge is 2.49. The van der Waals surface area contributed by atoms with Crippen molar-refractivity contribution in [1.29, 1.82) is 0 Å². The van der Waals surface area contributed by atoms with Crippen LogP contribution >= 0.6 is 11.3 Å². The Kier molecular flexibility index (Phi) is 9.67. The first kappa shape index (κ1) is 43.8.